The minimum Gasteiger partial charge on any atom is -0.462 e. The molecule has 0 fully saturated rings. The summed E-state index contributed by atoms with van der Waals surface area (Å²) in [5, 5.41) is 0. The van der Waals surface area contributed by atoms with Gasteiger partial charge in [-0.3, -0.25) is 14.4 Å². The summed E-state index contributed by atoms with van der Waals surface area (Å²) < 4.78 is 16.7. The van der Waals surface area contributed by atoms with Crippen molar-refractivity contribution in [3.8, 4) is 0 Å². The van der Waals surface area contributed by atoms with Crippen molar-refractivity contribution in [2.45, 2.75) is 258 Å². The van der Waals surface area contributed by atoms with Crippen LogP contribution in [0.15, 0.2) is 109 Å². The third-order valence-corrected chi connectivity index (χ3v) is 11.8. The smallest absolute Gasteiger partial charge is 0.306 e. The number of ether oxygens (including phenoxy) is 3. The third kappa shape index (κ3) is 54.9. The molecule has 69 heavy (non-hydrogen) atoms. The van der Waals surface area contributed by atoms with Crippen molar-refractivity contribution in [3.05, 3.63) is 109 Å². The SMILES string of the molecule is CC/C=C\C/C=C\C/C=C\C/C=C\C/C=C\C/C=C\C/C=C\C/C=C\C/C=C\CCCCCCCCCC(=O)OCC(COC(=O)CCCCCCCCCC)OC(=O)CCCCCCCCCC. The van der Waals surface area contributed by atoms with Crippen molar-refractivity contribution in [2.75, 3.05) is 13.2 Å². The van der Waals surface area contributed by atoms with Crippen LogP contribution in [0.4, 0.5) is 0 Å². The van der Waals surface area contributed by atoms with Gasteiger partial charge in [0.1, 0.15) is 13.2 Å². The molecule has 0 aromatic carbocycles. The van der Waals surface area contributed by atoms with Gasteiger partial charge < -0.3 is 14.2 Å². The number of rotatable bonds is 50. The molecule has 1 unspecified atom stereocenters. The first-order valence-corrected chi connectivity index (χ1v) is 28.4. The minimum atomic E-state index is -0.776. The van der Waals surface area contributed by atoms with Crippen LogP contribution in [0.1, 0.15) is 252 Å². The fourth-order valence-corrected chi connectivity index (χ4v) is 7.55. The van der Waals surface area contributed by atoms with E-state index in [0.717, 1.165) is 122 Å². The highest BCUT2D eigenvalue weighted by Gasteiger charge is 2.19. The minimum absolute atomic E-state index is 0.0791. The average molecular weight is 958 g/mol. The molecule has 0 heterocycles. The first kappa shape index (κ1) is 65.1. The Kier molecular flexibility index (Phi) is 53.4. The number of carbonyl (C=O) groups is 3. The molecule has 6 nitrogen and oxygen atoms in total. The zero-order valence-electron chi connectivity index (χ0n) is 44.8. The summed E-state index contributed by atoms with van der Waals surface area (Å²) in [4.78, 5) is 37.7. The molecule has 0 rings (SSSR count). The lowest BCUT2D eigenvalue weighted by Gasteiger charge is -2.18. The highest BCUT2D eigenvalue weighted by atomic mass is 16.6. The van der Waals surface area contributed by atoms with Gasteiger partial charge in [0.2, 0.25) is 0 Å². The predicted molar refractivity (Wildman–Crippen MR) is 297 cm³/mol. The zero-order valence-corrected chi connectivity index (χ0v) is 44.8. The Morgan fingerprint density at radius 1 is 0.304 bits per heavy atom. The van der Waals surface area contributed by atoms with Gasteiger partial charge in [0.05, 0.1) is 0 Å². The number of hydrogen-bond acceptors (Lipinski definition) is 6. The zero-order chi connectivity index (χ0) is 50.0. The van der Waals surface area contributed by atoms with Crippen LogP contribution in [-0.4, -0.2) is 37.2 Å². The lowest BCUT2D eigenvalue weighted by Crippen LogP contribution is -2.30. The summed E-state index contributed by atoms with van der Waals surface area (Å²) in [7, 11) is 0. The molecule has 0 saturated carbocycles. The molecule has 0 aliphatic heterocycles. The van der Waals surface area contributed by atoms with Crippen LogP contribution in [0.2, 0.25) is 0 Å². The topological polar surface area (TPSA) is 78.9 Å². The Hall–Kier alpha value is -3.93. The van der Waals surface area contributed by atoms with Crippen molar-refractivity contribution in [1.82, 2.24) is 0 Å². The fourth-order valence-electron chi connectivity index (χ4n) is 7.55. The number of esters is 3. The highest BCUT2D eigenvalue weighted by molar-refractivity contribution is 5.71. The molecule has 0 aromatic heterocycles. The molecule has 0 bridgehead atoms. The summed E-state index contributed by atoms with van der Waals surface area (Å²) >= 11 is 0. The van der Waals surface area contributed by atoms with Crippen molar-refractivity contribution < 1.29 is 28.6 Å². The monoisotopic (exact) mass is 957 g/mol. The van der Waals surface area contributed by atoms with Crippen molar-refractivity contribution in [3.63, 3.8) is 0 Å². The van der Waals surface area contributed by atoms with Gasteiger partial charge in [-0.15, -0.1) is 0 Å². The van der Waals surface area contributed by atoms with Crippen LogP contribution in [-0.2, 0) is 28.6 Å². The Bertz CT molecular complexity index is 1420. The molecule has 6 heteroatoms. The molecule has 0 N–H and O–H groups in total. The Balaban J connectivity index is 4.06. The molecule has 0 spiro atoms. The van der Waals surface area contributed by atoms with Crippen LogP contribution in [0.3, 0.4) is 0 Å². The molecular formula is C63H104O6. The van der Waals surface area contributed by atoms with Gasteiger partial charge in [-0.05, 0) is 89.9 Å². The number of carbonyl (C=O) groups excluding carboxylic acids is 3. The Morgan fingerprint density at radius 3 is 0.884 bits per heavy atom. The molecule has 0 radical (unpaired) electrons. The Labute approximate surface area is 425 Å². The molecular weight excluding hydrogens is 853 g/mol. The van der Waals surface area contributed by atoms with E-state index in [9.17, 15) is 14.4 Å². The standard InChI is InChI=1S/C63H104O6/c1-4-7-10-13-16-19-20-21-22-23-24-25-26-27-28-29-30-31-32-33-34-35-36-37-38-39-40-41-42-43-44-45-48-50-53-56-62(65)68-59-60(69-63(66)57-54-51-47-18-15-12-9-6-3)58-67-61(64)55-52-49-46-17-14-11-8-5-2/h7,10,16,19,21-22,24-25,27-28,30-31,33-34,36-37,39-40,60H,4-6,8-9,11-15,17-18,20,23,26,29,32,35,38,41-59H2,1-3H3/b10-7-,19-16-,22-21-,25-24-,28-27-,31-30-,34-33-,37-36-,40-39-. The van der Waals surface area contributed by atoms with Gasteiger partial charge >= 0.3 is 17.9 Å². The summed E-state index contributed by atoms with van der Waals surface area (Å²) in [6, 6.07) is 0. The fraction of sp³-hybridized carbons (Fsp3) is 0.667. The molecule has 0 saturated heterocycles. The average Bonchev–Trinajstić information content (AvgIpc) is 3.35. The first-order valence-electron chi connectivity index (χ1n) is 28.4. The maximum absolute atomic E-state index is 12.7. The summed E-state index contributed by atoms with van der Waals surface area (Å²) in [5.41, 5.74) is 0. The van der Waals surface area contributed by atoms with Crippen LogP contribution in [0.25, 0.3) is 0 Å². The van der Waals surface area contributed by atoms with Gasteiger partial charge in [-0.1, -0.05) is 252 Å². The van der Waals surface area contributed by atoms with E-state index in [1.807, 2.05) is 0 Å². The van der Waals surface area contributed by atoms with E-state index in [4.69, 9.17) is 14.2 Å². The van der Waals surface area contributed by atoms with Crippen LogP contribution < -0.4 is 0 Å². The second-order valence-corrected chi connectivity index (χ2v) is 18.5. The van der Waals surface area contributed by atoms with Gasteiger partial charge in [0.15, 0.2) is 6.10 Å². The number of allylic oxidation sites excluding steroid dienone is 18. The number of unbranched alkanes of at least 4 members (excludes halogenated alkanes) is 21. The predicted octanol–water partition coefficient (Wildman–Crippen LogP) is 19.1. The van der Waals surface area contributed by atoms with Gasteiger partial charge in [-0.2, -0.15) is 0 Å². The quantitative estimate of drug-likeness (QED) is 0.0262. The lowest BCUT2D eigenvalue weighted by molar-refractivity contribution is -0.167. The second kappa shape index (κ2) is 56.7. The summed E-state index contributed by atoms with van der Waals surface area (Å²) in [6.07, 6.45) is 76.9. The van der Waals surface area contributed by atoms with Crippen molar-refractivity contribution >= 4 is 17.9 Å². The van der Waals surface area contributed by atoms with E-state index < -0.39 is 6.10 Å². The van der Waals surface area contributed by atoms with Crippen LogP contribution in [0, 0.1) is 0 Å². The third-order valence-electron chi connectivity index (χ3n) is 11.8. The van der Waals surface area contributed by atoms with Crippen LogP contribution in [0.5, 0.6) is 0 Å². The summed E-state index contributed by atoms with van der Waals surface area (Å²) in [6.45, 7) is 6.44. The first-order chi connectivity index (χ1) is 34.0. The molecule has 0 amide bonds. The van der Waals surface area contributed by atoms with Crippen LogP contribution >= 0.6 is 0 Å². The van der Waals surface area contributed by atoms with E-state index in [2.05, 4.69) is 130 Å². The molecule has 0 aromatic rings. The van der Waals surface area contributed by atoms with E-state index >= 15 is 0 Å². The lowest BCUT2D eigenvalue weighted by atomic mass is 10.1. The molecule has 0 aliphatic rings. The normalized spacial score (nSPS) is 12.9. The van der Waals surface area contributed by atoms with Gasteiger partial charge in [-0.25, -0.2) is 0 Å². The van der Waals surface area contributed by atoms with Crippen molar-refractivity contribution in [1.29, 1.82) is 0 Å². The largest absolute Gasteiger partial charge is 0.462 e. The van der Waals surface area contributed by atoms with E-state index in [1.165, 1.54) is 89.9 Å². The second-order valence-electron chi connectivity index (χ2n) is 18.5. The van der Waals surface area contributed by atoms with Gasteiger partial charge in [0, 0.05) is 19.3 Å². The Morgan fingerprint density at radius 2 is 0.565 bits per heavy atom. The maximum Gasteiger partial charge on any atom is 0.306 e. The number of hydrogen-bond donors (Lipinski definition) is 0. The summed E-state index contributed by atoms with van der Waals surface area (Å²) in [5.74, 6) is -0.902. The van der Waals surface area contributed by atoms with E-state index in [-0.39, 0.29) is 31.1 Å². The van der Waals surface area contributed by atoms with E-state index in [1.54, 1.807) is 0 Å². The maximum atomic E-state index is 12.7. The highest BCUT2D eigenvalue weighted by Crippen LogP contribution is 2.14. The van der Waals surface area contributed by atoms with Crippen molar-refractivity contribution in [2.24, 2.45) is 0 Å². The van der Waals surface area contributed by atoms with Gasteiger partial charge in [0.25, 0.3) is 0 Å². The molecule has 392 valence electrons. The molecule has 0 aliphatic carbocycles. The molecule has 1 atom stereocenters. The van der Waals surface area contributed by atoms with E-state index in [0.29, 0.717) is 19.3 Å².